The van der Waals surface area contributed by atoms with Gasteiger partial charge in [0.25, 0.3) is 11.4 Å². The Morgan fingerprint density at radius 3 is 2.10 bits per heavy atom. The van der Waals surface area contributed by atoms with E-state index in [2.05, 4.69) is 10.3 Å². The molecule has 0 bridgehead atoms. The maximum atomic E-state index is 13.1. The predicted molar refractivity (Wildman–Crippen MR) is 107 cm³/mol. The minimum Gasteiger partial charge on any atom is -0.464 e. The van der Waals surface area contributed by atoms with Gasteiger partial charge in [-0.2, -0.15) is 0 Å². The lowest BCUT2D eigenvalue weighted by atomic mass is 9.88. The molecular formula is C22H22N2O5. The number of rotatable bonds is 7. The van der Waals surface area contributed by atoms with Gasteiger partial charge < -0.3 is 19.8 Å². The van der Waals surface area contributed by atoms with E-state index in [0.717, 1.165) is 0 Å². The molecule has 0 aliphatic heterocycles. The van der Waals surface area contributed by atoms with Crippen LogP contribution in [0.25, 0.3) is 10.9 Å². The molecule has 150 valence electrons. The number of hydrogen-bond acceptors (Lipinski definition) is 5. The van der Waals surface area contributed by atoms with Crippen molar-refractivity contribution in [2.45, 2.75) is 19.4 Å². The van der Waals surface area contributed by atoms with Crippen LogP contribution in [-0.4, -0.2) is 36.0 Å². The fourth-order valence-electron chi connectivity index (χ4n) is 3.17. The van der Waals surface area contributed by atoms with Gasteiger partial charge in [-0.1, -0.05) is 36.4 Å². The highest BCUT2D eigenvalue weighted by Crippen LogP contribution is 2.32. The van der Waals surface area contributed by atoms with Crippen molar-refractivity contribution in [1.29, 1.82) is 0 Å². The summed E-state index contributed by atoms with van der Waals surface area (Å²) in [5.74, 6) is -2.42. The average molecular weight is 394 g/mol. The predicted octanol–water partition coefficient (Wildman–Crippen LogP) is 2.92. The molecule has 1 aromatic heterocycles. The van der Waals surface area contributed by atoms with Gasteiger partial charge in [-0.05, 0) is 32.0 Å². The number of nitrogens with one attached hydrogen (secondary N) is 2. The summed E-state index contributed by atoms with van der Waals surface area (Å²) in [6.07, 6.45) is 1.52. The number of ether oxygens (including phenoxy) is 2. The Bertz CT molecular complexity index is 1010. The molecule has 29 heavy (non-hydrogen) atoms. The quantitative estimate of drug-likeness (QED) is 0.474. The van der Waals surface area contributed by atoms with Gasteiger partial charge in [-0.15, -0.1) is 0 Å². The minimum atomic E-state index is -2.15. The van der Waals surface area contributed by atoms with Gasteiger partial charge in [-0.3, -0.25) is 4.79 Å². The van der Waals surface area contributed by atoms with Crippen LogP contribution in [0.2, 0.25) is 0 Å². The van der Waals surface area contributed by atoms with Crippen molar-refractivity contribution < 1.29 is 23.9 Å². The number of carbonyl (C=O) groups excluding carboxylic acids is 3. The van der Waals surface area contributed by atoms with Crippen LogP contribution in [0.3, 0.4) is 0 Å². The van der Waals surface area contributed by atoms with Gasteiger partial charge in [-0.25, -0.2) is 9.59 Å². The minimum absolute atomic E-state index is 0.0313. The van der Waals surface area contributed by atoms with Gasteiger partial charge >= 0.3 is 11.9 Å². The molecule has 0 atom stereocenters. The summed E-state index contributed by atoms with van der Waals surface area (Å²) in [4.78, 5) is 42.3. The van der Waals surface area contributed by atoms with Crippen LogP contribution < -0.4 is 5.32 Å². The van der Waals surface area contributed by atoms with Crippen molar-refractivity contribution in [2.24, 2.45) is 0 Å². The van der Waals surface area contributed by atoms with E-state index in [1.54, 1.807) is 62.4 Å². The Hall–Kier alpha value is -3.61. The van der Waals surface area contributed by atoms with Crippen molar-refractivity contribution in [2.75, 3.05) is 13.2 Å². The van der Waals surface area contributed by atoms with E-state index in [1.165, 1.54) is 6.20 Å². The summed E-state index contributed by atoms with van der Waals surface area (Å²) in [7, 11) is 0. The van der Waals surface area contributed by atoms with Gasteiger partial charge in [0.15, 0.2) is 0 Å². The summed E-state index contributed by atoms with van der Waals surface area (Å²) in [5.41, 5.74) is -0.896. The largest absolute Gasteiger partial charge is 0.464 e. The zero-order chi connectivity index (χ0) is 20.9. The molecule has 1 amide bonds. The van der Waals surface area contributed by atoms with Crippen molar-refractivity contribution in [3.8, 4) is 0 Å². The average Bonchev–Trinajstić information content (AvgIpc) is 3.17. The van der Waals surface area contributed by atoms with E-state index < -0.39 is 23.4 Å². The number of aromatic nitrogens is 1. The molecule has 3 aromatic rings. The highest BCUT2D eigenvalue weighted by atomic mass is 16.6. The lowest BCUT2D eigenvalue weighted by molar-refractivity contribution is -0.166. The molecule has 0 aliphatic carbocycles. The summed E-state index contributed by atoms with van der Waals surface area (Å²) in [5, 5.41) is 3.20. The zero-order valence-electron chi connectivity index (χ0n) is 16.2. The molecule has 0 fully saturated rings. The lowest BCUT2D eigenvalue weighted by Crippen LogP contribution is -2.58. The Balaban J connectivity index is 2.21. The van der Waals surface area contributed by atoms with E-state index in [1.807, 2.05) is 6.07 Å². The number of carbonyl (C=O) groups is 3. The number of amides is 1. The molecule has 0 aliphatic rings. The third-order valence-electron chi connectivity index (χ3n) is 4.49. The number of para-hydroxylation sites is 1. The van der Waals surface area contributed by atoms with Crippen molar-refractivity contribution in [3.05, 3.63) is 71.9 Å². The van der Waals surface area contributed by atoms with Crippen LogP contribution in [0.5, 0.6) is 0 Å². The number of aromatic amines is 1. The van der Waals surface area contributed by atoms with E-state index >= 15 is 0 Å². The van der Waals surface area contributed by atoms with Crippen LogP contribution in [0.4, 0.5) is 0 Å². The second-order valence-corrected chi connectivity index (χ2v) is 6.26. The second kappa shape index (κ2) is 8.60. The SMILES string of the molecule is CCOC(=O)C(NC(=O)c1ccccc1)(C(=O)OCC)c1c[nH]c2ccccc12. The van der Waals surface area contributed by atoms with Crippen molar-refractivity contribution >= 4 is 28.7 Å². The summed E-state index contributed by atoms with van der Waals surface area (Å²) >= 11 is 0. The van der Waals surface area contributed by atoms with Gasteiger partial charge in [0, 0.05) is 28.2 Å². The van der Waals surface area contributed by atoms with Gasteiger partial charge in [0.1, 0.15) is 0 Å². The first-order chi connectivity index (χ1) is 14.0. The van der Waals surface area contributed by atoms with Crippen molar-refractivity contribution in [3.63, 3.8) is 0 Å². The Labute approximate surface area is 168 Å². The highest BCUT2D eigenvalue weighted by molar-refractivity contribution is 6.13. The number of hydrogen-bond donors (Lipinski definition) is 2. The normalized spacial score (nSPS) is 11.1. The fourth-order valence-corrected chi connectivity index (χ4v) is 3.17. The fraction of sp³-hybridized carbons (Fsp3) is 0.227. The topological polar surface area (TPSA) is 97.5 Å². The first-order valence-corrected chi connectivity index (χ1v) is 9.33. The molecule has 0 radical (unpaired) electrons. The molecule has 7 heteroatoms. The molecular weight excluding hydrogens is 372 g/mol. The Morgan fingerprint density at radius 2 is 1.48 bits per heavy atom. The van der Waals surface area contributed by atoms with E-state index in [9.17, 15) is 14.4 Å². The molecule has 0 unspecified atom stereocenters. The highest BCUT2D eigenvalue weighted by Gasteiger charge is 2.53. The second-order valence-electron chi connectivity index (χ2n) is 6.26. The molecule has 0 spiro atoms. The molecule has 1 heterocycles. The first-order valence-electron chi connectivity index (χ1n) is 9.33. The maximum absolute atomic E-state index is 13.1. The van der Waals surface area contributed by atoms with Crippen LogP contribution in [0, 0.1) is 0 Å². The number of esters is 2. The van der Waals surface area contributed by atoms with Crippen molar-refractivity contribution in [1.82, 2.24) is 10.3 Å². The van der Waals surface area contributed by atoms with Crippen LogP contribution in [-0.2, 0) is 24.6 Å². The van der Waals surface area contributed by atoms with Crippen LogP contribution in [0.1, 0.15) is 29.8 Å². The molecule has 2 N–H and O–H groups in total. The standard InChI is InChI=1S/C22H22N2O5/c1-3-28-20(26)22(21(27)29-4-2,24-19(25)15-10-6-5-7-11-15)17-14-23-18-13-9-8-12-16(17)18/h5-14,23H,3-4H2,1-2H3,(H,24,25). The summed E-state index contributed by atoms with van der Waals surface area (Å²) < 4.78 is 10.4. The number of fused-ring (bicyclic) bond motifs is 1. The molecule has 0 saturated heterocycles. The van der Waals surface area contributed by atoms with Crippen LogP contribution >= 0.6 is 0 Å². The maximum Gasteiger partial charge on any atom is 0.348 e. The number of H-pyrrole nitrogens is 1. The molecule has 2 aromatic carbocycles. The zero-order valence-corrected chi connectivity index (χ0v) is 16.2. The third kappa shape index (κ3) is 3.71. The summed E-state index contributed by atoms with van der Waals surface area (Å²) in [6.45, 7) is 3.32. The van der Waals surface area contributed by atoms with Gasteiger partial charge in [0.05, 0.1) is 13.2 Å². The molecule has 3 rings (SSSR count). The van der Waals surface area contributed by atoms with E-state index in [4.69, 9.17) is 9.47 Å². The lowest BCUT2D eigenvalue weighted by Gasteiger charge is -2.30. The van der Waals surface area contributed by atoms with E-state index in [0.29, 0.717) is 16.5 Å². The molecule has 7 nitrogen and oxygen atoms in total. The van der Waals surface area contributed by atoms with E-state index in [-0.39, 0.29) is 18.8 Å². The number of benzene rings is 2. The smallest absolute Gasteiger partial charge is 0.348 e. The summed E-state index contributed by atoms with van der Waals surface area (Å²) in [6, 6.07) is 15.5. The van der Waals surface area contributed by atoms with Gasteiger partial charge in [0.2, 0.25) is 0 Å². The first kappa shape index (κ1) is 20.1. The molecule has 0 saturated carbocycles. The van der Waals surface area contributed by atoms with Crippen LogP contribution in [0.15, 0.2) is 60.8 Å². The Kier molecular flexibility index (Phi) is 5.97. The monoisotopic (exact) mass is 394 g/mol. The Morgan fingerprint density at radius 1 is 0.897 bits per heavy atom. The third-order valence-corrected chi connectivity index (χ3v) is 4.49.